The predicted octanol–water partition coefficient (Wildman–Crippen LogP) is 3.12. The lowest BCUT2D eigenvalue weighted by atomic mass is 10.1. The second-order valence-electron chi connectivity index (χ2n) is 6.28. The molecule has 0 aromatic heterocycles. The number of anilines is 2. The Morgan fingerprint density at radius 1 is 0.960 bits per heavy atom. The second kappa shape index (κ2) is 8.33. The van der Waals surface area contributed by atoms with Crippen LogP contribution < -0.4 is 10.6 Å². The number of nitrogens with zero attached hydrogens (tertiary/aromatic N) is 1. The topological polar surface area (TPSA) is 61.4 Å². The maximum absolute atomic E-state index is 12.3. The van der Waals surface area contributed by atoms with Crippen molar-refractivity contribution in [2.24, 2.45) is 0 Å². The molecule has 0 fully saturated rings. The SMILES string of the molecule is Cc1ccc(NC(=O)CN(C)C(=O)CNc2c(C)cccc2C)cc1. The van der Waals surface area contributed by atoms with Crippen molar-refractivity contribution in [2.45, 2.75) is 20.8 Å². The summed E-state index contributed by atoms with van der Waals surface area (Å²) in [7, 11) is 1.63. The van der Waals surface area contributed by atoms with E-state index in [-0.39, 0.29) is 24.9 Å². The maximum atomic E-state index is 12.3. The Balaban J connectivity index is 1.85. The summed E-state index contributed by atoms with van der Waals surface area (Å²) in [4.78, 5) is 25.7. The normalized spacial score (nSPS) is 10.2. The fourth-order valence-corrected chi connectivity index (χ4v) is 2.53. The van der Waals surface area contributed by atoms with Crippen LogP contribution in [0.15, 0.2) is 42.5 Å². The van der Waals surface area contributed by atoms with Crippen molar-refractivity contribution in [3.8, 4) is 0 Å². The number of hydrogen-bond donors (Lipinski definition) is 2. The molecule has 2 N–H and O–H groups in total. The van der Waals surface area contributed by atoms with Crippen LogP contribution in [-0.2, 0) is 9.59 Å². The second-order valence-corrected chi connectivity index (χ2v) is 6.28. The molecule has 0 aliphatic carbocycles. The van der Waals surface area contributed by atoms with E-state index in [2.05, 4.69) is 10.6 Å². The van der Waals surface area contributed by atoms with Gasteiger partial charge in [-0.25, -0.2) is 0 Å². The van der Waals surface area contributed by atoms with Crippen LogP contribution in [0.1, 0.15) is 16.7 Å². The molecule has 0 bridgehead atoms. The molecule has 2 aromatic carbocycles. The third-order valence-corrected chi connectivity index (χ3v) is 4.04. The third kappa shape index (κ3) is 5.35. The van der Waals surface area contributed by atoms with Crippen LogP contribution in [0.5, 0.6) is 0 Å². The highest BCUT2D eigenvalue weighted by Crippen LogP contribution is 2.19. The number of nitrogens with one attached hydrogen (secondary N) is 2. The monoisotopic (exact) mass is 339 g/mol. The van der Waals surface area contributed by atoms with Crippen LogP contribution in [0.4, 0.5) is 11.4 Å². The zero-order valence-electron chi connectivity index (χ0n) is 15.2. The Hall–Kier alpha value is -2.82. The number of likely N-dealkylation sites (N-methyl/N-ethyl adjacent to an activating group) is 1. The van der Waals surface area contributed by atoms with Crippen molar-refractivity contribution in [3.63, 3.8) is 0 Å². The standard InChI is InChI=1S/C20H25N3O2/c1-14-8-10-17(11-9-14)22-18(24)13-23(4)19(25)12-21-20-15(2)6-5-7-16(20)3/h5-11,21H,12-13H2,1-4H3,(H,22,24). The molecule has 25 heavy (non-hydrogen) atoms. The van der Waals surface area contributed by atoms with Gasteiger partial charge in [-0.05, 0) is 44.0 Å². The van der Waals surface area contributed by atoms with Crippen molar-refractivity contribution < 1.29 is 9.59 Å². The quantitative estimate of drug-likeness (QED) is 0.850. The number of para-hydroxylation sites is 1. The lowest BCUT2D eigenvalue weighted by Crippen LogP contribution is -2.38. The van der Waals surface area contributed by atoms with Crippen LogP contribution in [0.2, 0.25) is 0 Å². The van der Waals surface area contributed by atoms with Gasteiger partial charge in [0, 0.05) is 18.4 Å². The van der Waals surface area contributed by atoms with Gasteiger partial charge in [-0.1, -0.05) is 35.9 Å². The van der Waals surface area contributed by atoms with Gasteiger partial charge < -0.3 is 15.5 Å². The van der Waals surface area contributed by atoms with E-state index < -0.39 is 0 Å². The number of carbonyl (C=O) groups excluding carboxylic acids is 2. The van der Waals surface area contributed by atoms with Crippen molar-refractivity contribution in [1.82, 2.24) is 4.90 Å². The molecule has 0 saturated carbocycles. The first-order valence-corrected chi connectivity index (χ1v) is 8.27. The van der Waals surface area contributed by atoms with E-state index in [1.54, 1.807) is 7.05 Å². The number of aryl methyl sites for hydroxylation is 3. The summed E-state index contributed by atoms with van der Waals surface area (Å²) in [6.07, 6.45) is 0. The Morgan fingerprint density at radius 3 is 2.16 bits per heavy atom. The number of hydrogen-bond acceptors (Lipinski definition) is 3. The average molecular weight is 339 g/mol. The van der Waals surface area contributed by atoms with Gasteiger partial charge in [0.05, 0.1) is 13.1 Å². The van der Waals surface area contributed by atoms with E-state index >= 15 is 0 Å². The third-order valence-electron chi connectivity index (χ3n) is 4.04. The molecule has 0 radical (unpaired) electrons. The highest BCUT2D eigenvalue weighted by Gasteiger charge is 2.13. The summed E-state index contributed by atoms with van der Waals surface area (Å²) >= 11 is 0. The number of rotatable bonds is 6. The molecule has 0 unspecified atom stereocenters. The molecular formula is C20H25N3O2. The van der Waals surface area contributed by atoms with Crippen molar-refractivity contribution in [2.75, 3.05) is 30.8 Å². The van der Waals surface area contributed by atoms with Crippen LogP contribution in [-0.4, -0.2) is 36.9 Å². The molecule has 0 heterocycles. The van der Waals surface area contributed by atoms with Crippen LogP contribution >= 0.6 is 0 Å². The number of benzene rings is 2. The average Bonchev–Trinajstić information content (AvgIpc) is 2.56. The molecule has 132 valence electrons. The van der Waals surface area contributed by atoms with E-state index in [1.807, 2.05) is 63.2 Å². The molecule has 0 saturated heterocycles. The Labute approximate surface area is 149 Å². The summed E-state index contributed by atoms with van der Waals surface area (Å²) in [5.74, 6) is -0.353. The fourth-order valence-electron chi connectivity index (χ4n) is 2.53. The molecular weight excluding hydrogens is 314 g/mol. The van der Waals surface area contributed by atoms with Gasteiger partial charge in [-0.3, -0.25) is 9.59 Å². The van der Waals surface area contributed by atoms with Crippen LogP contribution in [0, 0.1) is 20.8 Å². The predicted molar refractivity (Wildman–Crippen MR) is 102 cm³/mol. The summed E-state index contributed by atoms with van der Waals surface area (Å²) in [6, 6.07) is 13.5. The van der Waals surface area contributed by atoms with Crippen LogP contribution in [0.3, 0.4) is 0 Å². The summed E-state index contributed by atoms with van der Waals surface area (Å²) in [5, 5.41) is 5.96. The molecule has 0 spiro atoms. The first kappa shape index (κ1) is 18.5. The molecule has 0 aliphatic heterocycles. The fraction of sp³-hybridized carbons (Fsp3) is 0.300. The molecule has 5 heteroatoms. The minimum absolute atomic E-state index is 0.0150. The molecule has 5 nitrogen and oxygen atoms in total. The minimum atomic E-state index is -0.216. The number of amides is 2. The van der Waals surface area contributed by atoms with E-state index in [0.717, 1.165) is 28.1 Å². The van der Waals surface area contributed by atoms with Crippen LogP contribution in [0.25, 0.3) is 0 Å². The first-order chi connectivity index (χ1) is 11.9. The van der Waals surface area contributed by atoms with Gasteiger partial charge in [0.1, 0.15) is 0 Å². The Kier molecular flexibility index (Phi) is 6.17. The van der Waals surface area contributed by atoms with Gasteiger partial charge in [0.15, 0.2) is 0 Å². The summed E-state index contributed by atoms with van der Waals surface area (Å²) in [6.45, 7) is 6.15. The summed E-state index contributed by atoms with van der Waals surface area (Å²) in [5.41, 5.74) is 5.00. The van der Waals surface area contributed by atoms with Gasteiger partial charge in [-0.2, -0.15) is 0 Å². The molecule has 2 aromatic rings. The van der Waals surface area contributed by atoms with Gasteiger partial charge >= 0.3 is 0 Å². The molecule has 2 rings (SSSR count). The van der Waals surface area contributed by atoms with E-state index in [4.69, 9.17) is 0 Å². The number of carbonyl (C=O) groups is 2. The van der Waals surface area contributed by atoms with Crippen molar-refractivity contribution in [1.29, 1.82) is 0 Å². The molecule has 0 atom stereocenters. The van der Waals surface area contributed by atoms with Crippen molar-refractivity contribution in [3.05, 3.63) is 59.2 Å². The Bertz CT molecular complexity index is 734. The largest absolute Gasteiger partial charge is 0.376 e. The van der Waals surface area contributed by atoms with Gasteiger partial charge in [0.25, 0.3) is 0 Å². The Morgan fingerprint density at radius 2 is 1.56 bits per heavy atom. The summed E-state index contributed by atoms with van der Waals surface area (Å²) < 4.78 is 0. The zero-order chi connectivity index (χ0) is 18.4. The van der Waals surface area contributed by atoms with E-state index in [1.165, 1.54) is 4.90 Å². The minimum Gasteiger partial charge on any atom is -0.376 e. The van der Waals surface area contributed by atoms with Gasteiger partial charge in [0.2, 0.25) is 11.8 Å². The first-order valence-electron chi connectivity index (χ1n) is 8.27. The van der Waals surface area contributed by atoms with Gasteiger partial charge in [-0.15, -0.1) is 0 Å². The maximum Gasteiger partial charge on any atom is 0.243 e. The zero-order valence-corrected chi connectivity index (χ0v) is 15.2. The van der Waals surface area contributed by atoms with Crippen molar-refractivity contribution >= 4 is 23.2 Å². The van der Waals surface area contributed by atoms with E-state index in [9.17, 15) is 9.59 Å². The molecule has 2 amide bonds. The highest BCUT2D eigenvalue weighted by atomic mass is 16.2. The smallest absolute Gasteiger partial charge is 0.243 e. The molecule has 0 aliphatic rings. The lowest BCUT2D eigenvalue weighted by molar-refractivity contribution is -0.131. The lowest BCUT2D eigenvalue weighted by Gasteiger charge is -2.19. The van der Waals surface area contributed by atoms with E-state index in [0.29, 0.717) is 0 Å². The highest BCUT2D eigenvalue weighted by molar-refractivity contribution is 5.95.